The zero-order chi connectivity index (χ0) is 18.6. The van der Waals surface area contributed by atoms with Gasteiger partial charge < -0.3 is 19.8 Å². The molecule has 1 amide bonds. The Morgan fingerprint density at radius 2 is 2.00 bits per heavy atom. The zero-order valence-electron chi connectivity index (χ0n) is 15.5. The Kier molecular flexibility index (Phi) is 5.01. The topological polar surface area (TPSA) is 63.3 Å². The Hall–Kier alpha value is -2.95. The van der Waals surface area contributed by atoms with E-state index in [9.17, 15) is 4.79 Å². The predicted molar refractivity (Wildman–Crippen MR) is 105 cm³/mol. The van der Waals surface area contributed by atoms with Crippen LogP contribution in [0.4, 0.5) is 0 Å². The molecule has 5 nitrogen and oxygen atoms in total. The smallest absolute Gasteiger partial charge is 0.220 e. The van der Waals surface area contributed by atoms with Crippen LogP contribution in [-0.4, -0.2) is 30.6 Å². The molecule has 1 heterocycles. The number of amides is 1. The third-order valence-corrected chi connectivity index (χ3v) is 5.03. The summed E-state index contributed by atoms with van der Waals surface area (Å²) in [7, 11) is 1.68. The number of hydrogen-bond acceptors (Lipinski definition) is 3. The summed E-state index contributed by atoms with van der Waals surface area (Å²) in [5.41, 5.74) is 3.64. The van der Waals surface area contributed by atoms with Crippen LogP contribution in [0.15, 0.2) is 48.5 Å². The van der Waals surface area contributed by atoms with Crippen LogP contribution in [0.2, 0.25) is 0 Å². The minimum atomic E-state index is 0.0868. The number of H-pyrrole nitrogens is 1. The molecule has 1 aliphatic rings. The van der Waals surface area contributed by atoms with Crippen LogP contribution >= 0.6 is 0 Å². The SMILES string of the molecule is COc1ccc2[nH]c3c(c2c1)CC(NC(=O)CCCOc1ccccc1)C3. The molecule has 1 aromatic heterocycles. The molecule has 3 aromatic rings. The van der Waals surface area contributed by atoms with Gasteiger partial charge in [-0.15, -0.1) is 0 Å². The number of fused-ring (bicyclic) bond motifs is 3. The molecule has 1 atom stereocenters. The van der Waals surface area contributed by atoms with Crippen molar-refractivity contribution < 1.29 is 14.3 Å². The first-order valence-corrected chi connectivity index (χ1v) is 9.37. The standard InChI is InChI=1S/C22H24N2O3/c1-26-17-9-10-20-19(14-17)18-12-15(13-21(18)24-20)23-22(25)8-5-11-27-16-6-3-2-4-7-16/h2-4,6-7,9-10,14-15,24H,5,8,11-13H2,1H3,(H,23,25). The Labute approximate surface area is 158 Å². The number of rotatable bonds is 7. The van der Waals surface area contributed by atoms with Gasteiger partial charge in [0, 0.05) is 35.5 Å². The van der Waals surface area contributed by atoms with E-state index in [2.05, 4.69) is 16.4 Å². The van der Waals surface area contributed by atoms with Gasteiger partial charge in [-0.05, 0) is 48.7 Å². The van der Waals surface area contributed by atoms with E-state index in [0.717, 1.165) is 29.9 Å². The van der Waals surface area contributed by atoms with Crippen molar-refractivity contribution in [3.8, 4) is 11.5 Å². The highest BCUT2D eigenvalue weighted by Crippen LogP contribution is 2.32. The molecule has 0 fully saturated rings. The highest BCUT2D eigenvalue weighted by Gasteiger charge is 2.26. The lowest BCUT2D eigenvalue weighted by Gasteiger charge is -2.13. The maximum Gasteiger partial charge on any atom is 0.220 e. The number of hydrogen-bond donors (Lipinski definition) is 2. The first kappa shape index (κ1) is 17.5. The van der Waals surface area contributed by atoms with Gasteiger partial charge >= 0.3 is 0 Å². The summed E-state index contributed by atoms with van der Waals surface area (Å²) in [5.74, 6) is 1.79. The number of aromatic amines is 1. The lowest BCUT2D eigenvalue weighted by Crippen LogP contribution is -2.35. The van der Waals surface area contributed by atoms with Crippen molar-refractivity contribution in [1.82, 2.24) is 10.3 Å². The van der Waals surface area contributed by atoms with Crippen molar-refractivity contribution in [3.63, 3.8) is 0 Å². The molecule has 4 rings (SSSR count). The Morgan fingerprint density at radius 3 is 2.81 bits per heavy atom. The number of ether oxygens (including phenoxy) is 2. The second-order valence-corrected chi connectivity index (χ2v) is 6.93. The third-order valence-electron chi connectivity index (χ3n) is 5.03. The Balaban J connectivity index is 1.27. The van der Waals surface area contributed by atoms with Crippen molar-refractivity contribution in [1.29, 1.82) is 0 Å². The second-order valence-electron chi connectivity index (χ2n) is 6.93. The van der Waals surface area contributed by atoms with Crippen molar-refractivity contribution in [2.24, 2.45) is 0 Å². The minimum absolute atomic E-state index is 0.0868. The molecule has 2 aromatic carbocycles. The fourth-order valence-corrected chi connectivity index (χ4v) is 3.72. The number of para-hydroxylation sites is 1. The van der Waals surface area contributed by atoms with E-state index in [0.29, 0.717) is 19.4 Å². The largest absolute Gasteiger partial charge is 0.497 e. The maximum absolute atomic E-state index is 12.3. The molecule has 27 heavy (non-hydrogen) atoms. The number of carbonyl (C=O) groups excluding carboxylic acids is 1. The van der Waals surface area contributed by atoms with E-state index >= 15 is 0 Å². The molecular formula is C22H24N2O3. The second kappa shape index (κ2) is 7.74. The van der Waals surface area contributed by atoms with Gasteiger partial charge in [-0.1, -0.05) is 18.2 Å². The van der Waals surface area contributed by atoms with Gasteiger partial charge in [0.05, 0.1) is 13.7 Å². The quantitative estimate of drug-likeness (QED) is 0.630. The van der Waals surface area contributed by atoms with E-state index < -0.39 is 0 Å². The number of carbonyl (C=O) groups is 1. The highest BCUT2D eigenvalue weighted by molar-refractivity contribution is 5.87. The van der Waals surface area contributed by atoms with Crippen LogP contribution in [0, 0.1) is 0 Å². The number of aromatic nitrogens is 1. The molecule has 140 valence electrons. The molecule has 1 aliphatic carbocycles. The molecule has 1 unspecified atom stereocenters. The molecule has 0 spiro atoms. The number of methoxy groups -OCH3 is 1. The van der Waals surface area contributed by atoms with Crippen LogP contribution in [0.1, 0.15) is 24.1 Å². The molecule has 0 bridgehead atoms. The third kappa shape index (κ3) is 3.92. The monoisotopic (exact) mass is 364 g/mol. The zero-order valence-corrected chi connectivity index (χ0v) is 15.5. The van der Waals surface area contributed by atoms with Crippen molar-refractivity contribution in [3.05, 3.63) is 59.8 Å². The predicted octanol–water partition coefficient (Wildman–Crippen LogP) is 3.62. The van der Waals surface area contributed by atoms with Crippen molar-refractivity contribution in [2.75, 3.05) is 13.7 Å². The van der Waals surface area contributed by atoms with Gasteiger partial charge in [0.15, 0.2) is 0 Å². The van der Waals surface area contributed by atoms with Gasteiger partial charge in [-0.25, -0.2) is 0 Å². The van der Waals surface area contributed by atoms with E-state index in [4.69, 9.17) is 9.47 Å². The summed E-state index contributed by atoms with van der Waals surface area (Å²) < 4.78 is 11.0. The van der Waals surface area contributed by atoms with Crippen LogP contribution in [0.5, 0.6) is 11.5 Å². The molecule has 2 N–H and O–H groups in total. The fraction of sp³-hybridized carbons (Fsp3) is 0.318. The van der Waals surface area contributed by atoms with E-state index in [1.54, 1.807) is 7.11 Å². The summed E-state index contributed by atoms with van der Waals surface area (Å²) in [6, 6.07) is 15.9. The molecule has 5 heteroatoms. The van der Waals surface area contributed by atoms with E-state index in [-0.39, 0.29) is 11.9 Å². The van der Waals surface area contributed by atoms with Gasteiger partial charge in [-0.2, -0.15) is 0 Å². The minimum Gasteiger partial charge on any atom is -0.497 e. The number of nitrogens with one attached hydrogen (secondary N) is 2. The average Bonchev–Trinajstić information content (AvgIpc) is 3.22. The molecule has 0 saturated carbocycles. The first-order valence-electron chi connectivity index (χ1n) is 9.37. The van der Waals surface area contributed by atoms with E-state index in [1.165, 1.54) is 16.6 Å². The van der Waals surface area contributed by atoms with Gasteiger partial charge in [0.1, 0.15) is 11.5 Å². The Bertz CT molecular complexity index is 933. The summed E-state index contributed by atoms with van der Waals surface area (Å²) in [5, 5.41) is 4.35. The fourth-order valence-electron chi connectivity index (χ4n) is 3.72. The summed E-state index contributed by atoms with van der Waals surface area (Å²) >= 11 is 0. The average molecular weight is 364 g/mol. The van der Waals surface area contributed by atoms with E-state index in [1.807, 2.05) is 42.5 Å². The van der Waals surface area contributed by atoms with Gasteiger partial charge in [0.2, 0.25) is 5.91 Å². The lowest BCUT2D eigenvalue weighted by molar-refractivity contribution is -0.121. The van der Waals surface area contributed by atoms with Crippen LogP contribution in [0.3, 0.4) is 0 Å². The maximum atomic E-state index is 12.3. The Morgan fingerprint density at radius 1 is 1.15 bits per heavy atom. The molecular weight excluding hydrogens is 340 g/mol. The number of benzene rings is 2. The highest BCUT2D eigenvalue weighted by atomic mass is 16.5. The van der Waals surface area contributed by atoms with Crippen molar-refractivity contribution >= 4 is 16.8 Å². The molecule has 0 saturated heterocycles. The van der Waals surface area contributed by atoms with Crippen LogP contribution in [0.25, 0.3) is 10.9 Å². The van der Waals surface area contributed by atoms with Crippen molar-refractivity contribution in [2.45, 2.75) is 31.7 Å². The summed E-state index contributed by atoms with van der Waals surface area (Å²) in [4.78, 5) is 15.7. The van der Waals surface area contributed by atoms with Gasteiger partial charge in [0.25, 0.3) is 0 Å². The van der Waals surface area contributed by atoms with Gasteiger partial charge in [-0.3, -0.25) is 4.79 Å². The summed E-state index contributed by atoms with van der Waals surface area (Å²) in [6.07, 6.45) is 2.89. The lowest BCUT2D eigenvalue weighted by atomic mass is 10.1. The molecule has 0 radical (unpaired) electrons. The van der Waals surface area contributed by atoms with Crippen LogP contribution in [-0.2, 0) is 17.6 Å². The summed E-state index contributed by atoms with van der Waals surface area (Å²) in [6.45, 7) is 0.547. The normalized spacial score (nSPS) is 15.5. The van der Waals surface area contributed by atoms with Crippen LogP contribution < -0.4 is 14.8 Å². The first-order chi connectivity index (χ1) is 13.2. The molecule has 0 aliphatic heterocycles.